The first-order chi connectivity index (χ1) is 10.0. The minimum absolute atomic E-state index is 0.135. The van der Waals surface area contributed by atoms with E-state index >= 15 is 0 Å². The molecule has 1 amide bonds. The number of hydrogen-bond donors (Lipinski definition) is 0. The van der Waals surface area contributed by atoms with Gasteiger partial charge >= 0.3 is 0 Å². The van der Waals surface area contributed by atoms with E-state index in [1.165, 1.54) is 0 Å². The van der Waals surface area contributed by atoms with E-state index in [4.69, 9.17) is 23.2 Å². The topological polar surface area (TPSA) is 37.4 Å². The van der Waals surface area contributed by atoms with Crippen molar-refractivity contribution in [1.29, 1.82) is 0 Å². The quantitative estimate of drug-likeness (QED) is 0.830. The molecule has 3 nitrogen and oxygen atoms in total. The molecule has 1 aromatic carbocycles. The van der Waals surface area contributed by atoms with Gasteiger partial charge in [0.15, 0.2) is 0 Å². The number of carbonyl (C=O) groups excluding carboxylic acids is 2. The summed E-state index contributed by atoms with van der Waals surface area (Å²) >= 11 is 12.0. The maximum Gasteiger partial charge on any atom is 0.223 e. The fourth-order valence-electron chi connectivity index (χ4n) is 2.87. The zero-order valence-electron chi connectivity index (χ0n) is 11.6. The molecule has 1 aliphatic carbocycles. The van der Waals surface area contributed by atoms with Crippen LogP contribution in [0, 0.1) is 5.92 Å². The second-order valence-corrected chi connectivity index (χ2v) is 6.72. The lowest BCUT2D eigenvalue weighted by Gasteiger charge is -2.15. The van der Waals surface area contributed by atoms with Crippen LogP contribution in [-0.2, 0) is 16.0 Å². The van der Waals surface area contributed by atoms with E-state index in [1.807, 2.05) is 11.0 Å². The maximum absolute atomic E-state index is 12.3. The molecule has 0 N–H and O–H groups in total. The molecule has 0 radical (unpaired) electrons. The van der Waals surface area contributed by atoms with Gasteiger partial charge in [-0.1, -0.05) is 29.3 Å². The van der Waals surface area contributed by atoms with Gasteiger partial charge in [0.2, 0.25) is 5.91 Å². The van der Waals surface area contributed by atoms with Crippen LogP contribution >= 0.6 is 23.2 Å². The zero-order chi connectivity index (χ0) is 15.0. The SMILES string of the molecule is O=C(CCc1ccc(Cl)cc1Cl)C1CC(=O)N(C2CC2)C1. The van der Waals surface area contributed by atoms with Crippen molar-refractivity contribution >= 4 is 34.9 Å². The van der Waals surface area contributed by atoms with E-state index in [0.29, 0.717) is 41.9 Å². The van der Waals surface area contributed by atoms with Crippen LogP contribution in [0.3, 0.4) is 0 Å². The molecule has 3 rings (SSSR count). The van der Waals surface area contributed by atoms with Crippen LogP contribution in [0.4, 0.5) is 0 Å². The highest BCUT2D eigenvalue weighted by molar-refractivity contribution is 6.35. The van der Waals surface area contributed by atoms with Gasteiger partial charge in [0.05, 0.1) is 0 Å². The number of halogens is 2. The van der Waals surface area contributed by atoms with Crippen LogP contribution in [0.2, 0.25) is 10.0 Å². The Hall–Kier alpha value is -1.06. The van der Waals surface area contributed by atoms with Crippen molar-refractivity contribution in [3.05, 3.63) is 33.8 Å². The Morgan fingerprint density at radius 2 is 2.05 bits per heavy atom. The van der Waals surface area contributed by atoms with Gasteiger partial charge in [0.1, 0.15) is 5.78 Å². The molecule has 5 heteroatoms. The third-order valence-electron chi connectivity index (χ3n) is 4.26. The third kappa shape index (κ3) is 3.41. The number of carbonyl (C=O) groups is 2. The average Bonchev–Trinajstić information content (AvgIpc) is 3.20. The molecule has 2 aliphatic rings. The lowest BCUT2D eigenvalue weighted by Crippen LogP contribution is -2.28. The largest absolute Gasteiger partial charge is 0.339 e. The average molecular weight is 326 g/mol. The van der Waals surface area contributed by atoms with Crippen molar-refractivity contribution < 1.29 is 9.59 Å². The van der Waals surface area contributed by atoms with Crippen molar-refractivity contribution in [2.75, 3.05) is 6.54 Å². The molecular weight excluding hydrogens is 309 g/mol. The van der Waals surface area contributed by atoms with Gasteiger partial charge in [-0.05, 0) is 37.0 Å². The Morgan fingerprint density at radius 3 is 2.71 bits per heavy atom. The Morgan fingerprint density at radius 1 is 1.29 bits per heavy atom. The van der Waals surface area contributed by atoms with Crippen LogP contribution in [0.15, 0.2) is 18.2 Å². The molecule has 1 saturated heterocycles. The van der Waals surface area contributed by atoms with Crippen molar-refractivity contribution in [2.24, 2.45) is 5.92 Å². The summed E-state index contributed by atoms with van der Waals surface area (Å²) in [5.74, 6) is 0.169. The predicted octanol–water partition coefficient (Wildman–Crippen LogP) is 3.51. The normalized spacial score (nSPS) is 21.9. The molecule has 2 fully saturated rings. The Balaban J connectivity index is 1.56. The second-order valence-electron chi connectivity index (χ2n) is 5.88. The van der Waals surface area contributed by atoms with Crippen molar-refractivity contribution in [3.8, 4) is 0 Å². The first-order valence-corrected chi connectivity index (χ1v) is 8.06. The zero-order valence-corrected chi connectivity index (χ0v) is 13.2. The third-order valence-corrected chi connectivity index (χ3v) is 4.84. The van der Waals surface area contributed by atoms with E-state index in [2.05, 4.69) is 0 Å². The summed E-state index contributed by atoms with van der Waals surface area (Å²) < 4.78 is 0. The summed E-state index contributed by atoms with van der Waals surface area (Å²) in [6, 6.07) is 5.73. The number of Topliss-reactive ketones (excluding diaryl/α,β-unsaturated/α-hetero) is 1. The summed E-state index contributed by atoms with van der Waals surface area (Å²) in [7, 11) is 0. The second kappa shape index (κ2) is 5.98. The van der Waals surface area contributed by atoms with E-state index in [0.717, 1.165) is 18.4 Å². The lowest BCUT2D eigenvalue weighted by atomic mass is 9.97. The fraction of sp³-hybridized carbons (Fsp3) is 0.500. The molecule has 1 aromatic rings. The van der Waals surface area contributed by atoms with Crippen LogP contribution in [0.1, 0.15) is 31.2 Å². The lowest BCUT2D eigenvalue weighted by molar-refractivity contribution is -0.128. The van der Waals surface area contributed by atoms with Crippen LogP contribution in [-0.4, -0.2) is 29.2 Å². The number of nitrogens with zero attached hydrogens (tertiary/aromatic N) is 1. The van der Waals surface area contributed by atoms with E-state index < -0.39 is 0 Å². The number of aryl methyl sites for hydroxylation is 1. The molecule has 112 valence electrons. The van der Waals surface area contributed by atoms with Gasteiger partial charge in [-0.15, -0.1) is 0 Å². The Labute approximate surface area is 134 Å². The summed E-state index contributed by atoms with van der Waals surface area (Å²) in [5, 5.41) is 1.19. The van der Waals surface area contributed by atoms with Crippen LogP contribution in [0.5, 0.6) is 0 Å². The first-order valence-electron chi connectivity index (χ1n) is 7.30. The molecule has 0 bridgehead atoms. The van der Waals surface area contributed by atoms with Gasteiger partial charge in [0, 0.05) is 41.4 Å². The highest BCUT2D eigenvalue weighted by Gasteiger charge is 2.41. The van der Waals surface area contributed by atoms with Gasteiger partial charge in [-0.3, -0.25) is 9.59 Å². The Bertz CT molecular complexity index is 584. The molecule has 1 atom stereocenters. The minimum Gasteiger partial charge on any atom is -0.339 e. The number of hydrogen-bond acceptors (Lipinski definition) is 2. The first kappa shape index (κ1) is 14.9. The smallest absolute Gasteiger partial charge is 0.223 e. The molecule has 1 heterocycles. The van der Waals surface area contributed by atoms with Gasteiger partial charge < -0.3 is 4.90 Å². The number of benzene rings is 1. The number of amides is 1. The van der Waals surface area contributed by atoms with Crippen LogP contribution in [0.25, 0.3) is 0 Å². The monoisotopic (exact) mass is 325 g/mol. The molecule has 21 heavy (non-hydrogen) atoms. The van der Waals surface area contributed by atoms with E-state index in [1.54, 1.807) is 12.1 Å². The van der Waals surface area contributed by atoms with Gasteiger partial charge in [0.25, 0.3) is 0 Å². The molecule has 0 aromatic heterocycles. The number of ketones is 1. The van der Waals surface area contributed by atoms with E-state index in [-0.39, 0.29) is 17.6 Å². The summed E-state index contributed by atoms with van der Waals surface area (Å²) in [5.41, 5.74) is 0.929. The Kier molecular flexibility index (Phi) is 4.23. The molecule has 1 unspecified atom stereocenters. The van der Waals surface area contributed by atoms with Crippen molar-refractivity contribution in [3.63, 3.8) is 0 Å². The predicted molar refractivity (Wildman–Crippen MR) is 82.6 cm³/mol. The van der Waals surface area contributed by atoms with E-state index in [9.17, 15) is 9.59 Å². The maximum atomic E-state index is 12.3. The van der Waals surface area contributed by atoms with Crippen molar-refractivity contribution in [1.82, 2.24) is 4.90 Å². The standard InChI is InChI=1S/C16H17Cl2NO2/c17-12-3-1-10(14(18)8-12)2-6-15(20)11-7-16(21)19(9-11)13-4-5-13/h1,3,8,11,13H,2,4-7,9H2. The summed E-state index contributed by atoms with van der Waals surface area (Å²) in [6.45, 7) is 0.608. The molecule has 1 aliphatic heterocycles. The molecule has 0 spiro atoms. The minimum atomic E-state index is -0.135. The fourth-order valence-corrected chi connectivity index (χ4v) is 3.38. The van der Waals surface area contributed by atoms with Crippen molar-refractivity contribution in [2.45, 2.75) is 38.1 Å². The summed E-state index contributed by atoms with van der Waals surface area (Å²) in [4.78, 5) is 26.0. The summed E-state index contributed by atoms with van der Waals surface area (Å²) in [6.07, 6.45) is 3.59. The molecular formula is C16H17Cl2NO2. The highest BCUT2D eigenvalue weighted by atomic mass is 35.5. The van der Waals surface area contributed by atoms with Crippen LogP contribution < -0.4 is 0 Å². The number of rotatable bonds is 5. The number of likely N-dealkylation sites (tertiary alicyclic amines) is 1. The highest BCUT2D eigenvalue weighted by Crippen LogP contribution is 2.33. The molecule has 1 saturated carbocycles. The van der Waals surface area contributed by atoms with Gasteiger partial charge in [-0.2, -0.15) is 0 Å². The van der Waals surface area contributed by atoms with Gasteiger partial charge in [-0.25, -0.2) is 0 Å².